The fourth-order valence-corrected chi connectivity index (χ4v) is 5.37. The van der Waals surface area contributed by atoms with E-state index in [9.17, 15) is 4.79 Å². The molecule has 0 aliphatic carbocycles. The van der Waals surface area contributed by atoms with Crippen molar-refractivity contribution in [2.45, 2.75) is 31.6 Å². The van der Waals surface area contributed by atoms with Gasteiger partial charge < -0.3 is 10.1 Å². The monoisotopic (exact) mass is 410 g/mol. The highest BCUT2D eigenvalue weighted by Gasteiger charge is 2.21. The molecule has 0 spiro atoms. The maximum atomic E-state index is 12.7. The largest absolute Gasteiger partial charge is 0.492 e. The molecule has 2 heterocycles. The first kappa shape index (κ1) is 20.3. The van der Waals surface area contributed by atoms with Gasteiger partial charge in [0, 0.05) is 23.5 Å². The number of amides is 1. The third-order valence-electron chi connectivity index (χ3n) is 5.82. The van der Waals surface area contributed by atoms with Gasteiger partial charge >= 0.3 is 0 Å². The summed E-state index contributed by atoms with van der Waals surface area (Å²) in [5.74, 6) is 3.62. The highest BCUT2D eigenvalue weighted by Crippen LogP contribution is 2.36. The molecule has 0 bridgehead atoms. The van der Waals surface area contributed by atoms with Crippen molar-refractivity contribution in [1.29, 1.82) is 0 Å². The second kappa shape index (κ2) is 10.2. The lowest BCUT2D eigenvalue weighted by Crippen LogP contribution is -2.33. The van der Waals surface area contributed by atoms with Crippen LogP contribution in [0.3, 0.4) is 0 Å². The topological polar surface area (TPSA) is 41.6 Å². The number of nitrogens with one attached hydrogen (secondary N) is 1. The minimum atomic E-state index is -0.0667. The van der Waals surface area contributed by atoms with E-state index in [2.05, 4.69) is 22.3 Å². The number of para-hydroxylation sites is 1. The number of hydrogen-bond donors (Lipinski definition) is 1. The van der Waals surface area contributed by atoms with Gasteiger partial charge in [0.1, 0.15) is 12.4 Å². The summed E-state index contributed by atoms with van der Waals surface area (Å²) in [6.07, 6.45) is 5.13. The minimum Gasteiger partial charge on any atom is -0.492 e. The number of anilines is 1. The Bertz CT molecular complexity index is 797. The standard InChI is InChI=1S/C24H30N2O2S/c27-24(25-23-7-3-2-6-22(23)20-12-17-29-18-20)19-8-10-21(11-9-19)28-16-15-26-13-4-1-5-14-26/h2-3,6-11,20H,1,4-5,12-18H2,(H,25,27). The molecule has 2 saturated heterocycles. The van der Waals surface area contributed by atoms with Gasteiger partial charge in [-0.05, 0) is 79.9 Å². The molecule has 4 rings (SSSR count). The minimum absolute atomic E-state index is 0.0667. The lowest BCUT2D eigenvalue weighted by atomic mass is 9.96. The van der Waals surface area contributed by atoms with Crippen LogP contribution in [0, 0.1) is 0 Å². The summed E-state index contributed by atoms with van der Waals surface area (Å²) in [4.78, 5) is 15.2. The molecular weight excluding hydrogens is 380 g/mol. The van der Waals surface area contributed by atoms with Crippen molar-refractivity contribution < 1.29 is 9.53 Å². The van der Waals surface area contributed by atoms with Crippen LogP contribution in [0.5, 0.6) is 5.75 Å². The number of hydrogen-bond acceptors (Lipinski definition) is 4. The van der Waals surface area contributed by atoms with Crippen LogP contribution in [0.15, 0.2) is 48.5 Å². The van der Waals surface area contributed by atoms with Crippen molar-refractivity contribution in [3.05, 3.63) is 59.7 Å². The molecule has 2 aromatic rings. The van der Waals surface area contributed by atoms with Crippen LogP contribution in [0.25, 0.3) is 0 Å². The van der Waals surface area contributed by atoms with Crippen LogP contribution < -0.4 is 10.1 Å². The molecular formula is C24H30N2O2S. The number of thioether (sulfide) groups is 1. The maximum absolute atomic E-state index is 12.7. The van der Waals surface area contributed by atoms with E-state index in [1.807, 2.05) is 48.2 Å². The molecule has 1 amide bonds. The zero-order valence-corrected chi connectivity index (χ0v) is 17.8. The van der Waals surface area contributed by atoms with Gasteiger partial charge in [-0.15, -0.1) is 0 Å². The Hall–Kier alpha value is -1.98. The molecule has 154 valence electrons. The molecule has 29 heavy (non-hydrogen) atoms. The van der Waals surface area contributed by atoms with E-state index in [0.29, 0.717) is 18.1 Å². The molecule has 4 nitrogen and oxygen atoms in total. The fourth-order valence-electron chi connectivity index (χ4n) is 4.12. The van der Waals surface area contributed by atoms with Crippen LogP contribution >= 0.6 is 11.8 Å². The number of benzene rings is 2. The van der Waals surface area contributed by atoms with Gasteiger partial charge in [0.05, 0.1) is 0 Å². The summed E-state index contributed by atoms with van der Waals surface area (Å²) in [5.41, 5.74) is 2.85. The number of nitrogens with zero attached hydrogens (tertiary/aromatic N) is 1. The maximum Gasteiger partial charge on any atom is 0.255 e. The average Bonchev–Trinajstić information content (AvgIpc) is 3.30. The Morgan fingerprint density at radius 2 is 1.86 bits per heavy atom. The first-order chi connectivity index (χ1) is 14.3. The first-order valence-corrected chi connectivity index (χ1v) is 11.9. The van der Waals surface area contributed by atoms with Gasteiger partial charge in [0.2, 0.25) is 0 Å². The molecule has 0 radical (unpaired) electrons. The third-order valence-corrected chi connectivity index (χ3v) is 6.98. The van der Waals surface area contributed by atoms with E-state index in [1.165, 1.54) is 50.1 Å². The predicted molar refractivity (Wildman–Crippen MR) is 121 cm³/mol. The molecule has 0 saturated carbocycles. The summed E-state index contributed by atoms with van der Waals surface area (Å²) in [6.45, 7) is 4.03. The van der Waals surface area contributed by atoms with Gasteiger partial charge in [-0.1, -0.05) is 24.6 Å². The fraction of sp³-hybridized carbons (Fsp3) is 0.458. The van der Waals surface area contributed by atoms with E-state index >= 15 is 0 Å². The molecule has 1 N–H and O–H groups in total. The van der Waals surface area contributed by atoms with Gasteiger partial charge in [0.25, 0.3) is 5.91 Å². The van der Waals surface area contributed by atoms with Gasteiger partial charge in [-0.2, -0.15) is 11.8 Å². The molecule has 1 atom stereocenters. The van der Waals surface area contributed by atoms with Gasteiger partial charge in [-0.25, -0.2) is 0 Å². The molecule has 2 fully saturated rings. The molecule has 0 aromatic heterocycles. The van der Waals surface area contributed by atoms with Crippen molar-refractivity contribution in [2.75, 3.05) is 43.1 Å². The lowest BCUT2D eigenvalue weighted by Gasteiger charge is -2.26. The molecule has 5 heteroatoms. The Kier molecular flexibility index (Phi) is 7.12. The summed E-state index contributed by atoms with van der Waals surface area (Å²) in [5, 5.41) is 3.11. The number of carbonyl (C=O) groups is 1. The first-order valence-electron chi connectivity index (χ1n) is 10.7. The van der Waals surface area contributed by atoms with E-state index in [-0.39, 0.29) is 5.91 Å². The van der Waals surface area contributed by atoms with Crippen molar-refractivity contribution in [2.24, 2.45) is 0 Å². The van der Waals surface area contributed by atoms with E-state index in [1.54, 1.807) is 0 Å². The van der Waals surface area contributed by atoms with Crippen molar-refractivity contribution in [1.82, 2.24) is 4.90 Å². The lowest BCUT2D eigenvalue weighted by molar-refractivity contribution is 0.102. The highest BCUT2D eigenvalue weighted by molar-refractivity contribution is 7.99. The van der Waals surface area contributed by atoms with E-state index in [4.69, 9.17) is 4.74 Å². The molecule has 2 aliphatic heterocycles. The number of likely N-dealkylation sites (tertiary alicyclic amines) is 1. The summed E-state index contributed by atoms with van der Waals surface area (Å²) < 4.78 is 5.87. The summed E-state index contributed by atoms with van der Waals surface area (Å²) in [7, 11) is 0. The Morgan fingerprint density at radius 1 is 1.07 bits per heavy atom. The Balaban J connectivity index is 1.31. The smallest absolute Gasteiger partial charge is 0.255 e. The van der Waals surface area contributed by atoms with Crippen LogP contribution in [0.2, 0.25) is 0 Å². The summed E-state index contributed by atoms with van der Waals surface area (Å²) in [6, 6.07) is 15.7. The van der Waals surface area contributed by atoms with Gasteiger partial charge in [0.15, 0.2) is 0 Å². The van der Waals surface area contributed by atoms with E-state index in [0.717, 1.165) is 23.7 Å². The Morgan fingerprint density at radius 3 is 2.62 bits per heavy atom. The SMILES string of the molecule is O=C(Nc1ccccc1C1CCSC1)c1ccc(OCCN2CCCCC2)cc1. The number of carbonyl (C=O) groups excluding carboxylic acids is 1. The highest BCUT2D eigenvalue weighted by atomic mass is 32.2. The third kappa shape index (κ3) is 5.55. The quantitative estimate of drug-likeness (QED) is 0.696. The second-order valence-electron chi connectivity index (χ2n) is 7.88. The number of piperidine rings is 1. The summed E-state index contributed by atoms with van der Waals surface area (Å²) >= 11 is 1.99. The second-order valence-corrected chi connectivity index (χ2v) is 9.03. The number of rotatable bonds is 7. The van der Waals surface area contributed by atoms with Gasteiger partial charge in [-0.3, -0.25) is 9.69 Å². The van der Waals surface area contributed by atoms with Crippen molar-refractivity contribution in [3.63, 3.8) is 0 Å². The van der Waals surface area contributed by atoms with Crippen LogP contribution in [0.1, 0.15) is 47.5 Å². The zero-order valence-electron chi connectivity index (χ0n) is 16.9. The number of ether oxygens (including phenoxy) is 1. The van der Waals surface area contributed by atoms with Crippen LogP contribution in [0.4, 0.5) is 5.69 Å². The van der Waals surface area contributed by atoms with Crippen LogP contribution in [-0.4, -0.2) is 48.6 Å². The van der Waals surface area contributed by atoms with E-state index < -0.39 is 0 Å². The zero-order chi connectivity index (χ0) is 19.9. The van der Waals surface area contributed by atoms with Crippen molar-refractivity contribution in [3.8, 4) is 5.75 Å². The Labute approximate surface area is 178 Å². The molecule has 1 unspecified atom stereocenters. The van der Waals surface area contributed by atoms with Crippen LogP contribution in [-0.2, 0) is 0 Å². The molecule has 2 aromatic carbocycles. The average molecular weight is 411 g/mol. The normalized spacial score (nSPS) is 19.8. The molecule has 2 aliphatic rings. The van der Waals surface area contributed by atoms with Crippen molar-refractivity contribution >= 4 is 23.4 Å². The predicted octanol–water partition coefficient (Wildman–Crippen LogP) is 5.02.